The van der Waals surface area contributed by atoms with Crippen LogP contribution < -0.4 is 57.1 Å². The van der Waals surface area contributed by atoms with Crippen LogP contribution >= 0.6 is 0 Å². The van der Waals surface area contributed by atoms with E-state index in [9.17, 15) is 0 Å². The van der Waals surface area contributed by atoms with E-state index >= 15 is 0 Å². The van der Waals surface area contributed by atoms with Crippen molar-refractivity contribution in [2.75, 3.05) is 5.73 Å². The van der Waals surface area contributed by atoms with Gasteiger partial charge in [0.2, 0.25) is 0 Å². The molecule has 10 rings (SSSR count). The number of rotatable bonds is 7. The van der Waals surface area contributed by atoms with Crippen molar-refractivity contribution >= 4 is 38.5 Å². The fourth-order valence-electron chi connectivity index (χ4n) is 9.44. The quantitative estimate of drug-likeness (QED) is 0.0739. The molecule has 292 valence electrons. The topological polar surface area (TPSA) is 30.9 Å². The molecule has 0 spiro atoms. The Morgan fingerprint density at radius 1 is 0.721 bits per heavy atom. The number of allylic oxidation sites excluding steroid dienone is 14. The molecule has 0 atom stereocenters. The molecule has 0 aliphatic heterocycles. The number of para-hydroxylation sites is 2. The van der Waals surface area contributed by atoms with E-state index in [1.54, 1.807) is 6.08 Å². The first-order valence-electron chi connectivity index (χ1n) is 20.4. The molecule has 0 fully saturated rings. The third-order valence-electron chi connectivity index (χ3n) is 12.4. The van der Waals surface area contributed by atoms with Crippen molar-refractivity contribution in [2.24, 2.45) is 0 Å². The first-order chi connectivity index (χ1) is 28.9. The molecule has 6 aromatic carbocycles. The third kappa shape index (κ3) is 7.15. The molecule has 0 unspecified atom stereocenters. The Balaban J connectivity index is 0.00000257. The van der Waals surface area contributed by atoms with Gasteiger partial charge in [-0.05, 0) is 105 Å². The molecule has 3 aliphatic rings. The number of nitrogens with zero attached hydrogens (tertiary/aromatic N) is 1. The molecule has 0 amide bonds. The van der Waals surface area contributed by atoms with E-state index < -0.39 is 0 Å². The van der Waals surface area contributed by atoms with Crippen LogP contribution in [0.3, 0.4) is 0 Å². The van der Waals surface area contributed by atoms with Gasteiger partial charge in [0.15, 0.2) is 0 Å². The zero-order valence-corrected chi connectivity index (χ0v) is 38.6. The fourth-order valence-corrected chi connectivity index (χ4v) is 9.44. The van der Waals surface area contributed by atoms with Gasteiger partial charge >= 0.3 is 51.4 Å². The zero-order chi connectivity index (χ0) is 40.2. The van der Waals surface area contributed by atoms with Crippen LogP contribution in [0, 0.1) is 27.4 Å². The van der Waals surface area contributed by atoms with Crippen LogP contribution in [-0.4, -0.2) is 4.57 Å². The molecule has 3 heteroatoms. The van der Waals surface area contributed by atoms with Gasteiger partial charge in [-0.15, -0.1) is 41.4 Å². The Labute approximate surface area is 403 Å². The van der Waals surface area contributed by atoms with Crippen LogP contribution in [0.25, 0.3) is 83.1 Å². The van der Waals surface area contributed by atoms with E-state index in [1.807, 2.05) is 12.1 Å². The second-order valence-electron chi connectivity index (χ2n) is 15.8. The van der Waals surface area contributed by atoms with Gasteiger partial charge in [0.1, 0.15) is 0 Å². The Hall–Kier alpha value is -5.65. The van der Waals surface area contributed by atoms with Crippen LogP contribution in [0.5, 0.6) is 0 Å². The summed E-state index contributed by atoms with van der Waals surface area (Å²) in [6.45, 7) is 15.5. The first-order valence-corrected chi connectivity index (χ1v) is 20.4. The predicted molar refractivity (Wildman–Crippen MR) is 259 cm³/mol. The summed E-state index contributed by atoms with van der Waals surface area (Å²) in [5, 5.41) is 3.62. The normalized spacial score (nSPS) is 15.0. The van der Waals surface area contributed by atoms with Crippen molar-refractivity contribution in [3.05, 3.63) is 230 Å². The summed E-state index contributed by atoms with van der Waals surface area (Å²) in [5.74, 6) is 0. The molecule has 61 heavy (non-hydrogen) atoms. The van der Waals surface area contributed by atoms with Crippen LogP contribution in [0.15, 0.2) is 188 Å². The van der Waals surface area contributed by atoms with E-state index in [0.717, 1.165) is 63.3 Å². The van der Waals surface area contributed by atoms with Gasteiger partial charge < -0.3 is 17.7 Å². The maximum absolute atomic E-state index is 6.75. The number of benzene rings is 6. The van der Waals surface area contributed by atoms with Crippen molar-refractivity contribution in [1.82, 2.24) is 4.57 Å². The number of anilines is 1. The van der Waals surface area contributed by atoms with Crippen LogP contribution in [0.4, 0.5) is 5.69 Å². The standard InChI is InChI=1S/C57H44N2.CH3.K/c1-5-39(27-28-40-19-10-6-8-17-36(40)2)44-31-32-45(42-30-29-41-20-11-7-9-18-37(3)50(41)35-42)56-48-24-16-23-47-53(34-33-49(54(47)48)55(44)56)59-52-26-15-13-21-43(52)38(4)57(59)46-22-12-14-25-51(46)58;;/h1,5-16,18-19,21-35H,3,17,20,58H2,2,4H3;1H3;/q-2;-1;+1/b11-7-,18-9-,39-27+;;. The molecule has 0 saturated carbocycles. The van der Waals surface area contributed by atoms with E-state index in [2.05, 4.69) is 183 Å². The Kier molecular flexibility index (Phi) is 12.0. The first kappa shape index (κ1) is 42.1. The van der Waals surface area contributed by atoms with Gasteiger partial charge in [0.05, 0.1) is 16.9 Å². The van der Waals surface area contributed by atoms with E-state index in [4.69, 9.17) is 12.3 Å². The fraction of sp³-hybridized carbons (Fsp3) is 0.0690. The van der Waals surface area contributed by atoms with E-state index in [1.165, 1.54) is 71.8 Å². The number of nitrogen functional groups attached to an aromatic ring is 1. The average Bonchev–Trinajstić information content (AvgIpc) is 3.65. The average molecular weight is 811 g/mol. The molecule has 7 aromatic rings. The molecule has 2 nitrogen and oxygen atoms in total. The molecular formula is C58H47KN2-2. The van der Waals surface area contributed by atoms with E-state index in [0.29, 0.717) is 0 Å². The van der Waals surface area contributed by atoms with Gasteiger partial charge in [0, 0.05) is 22.0 Å². The molecule has 1 heterocycles. The SMILES string of the molecule is [CH-]=C/C(=C\[CH-]C1=C(C)CC=CC=C1)c1ccc(-c2ccc3c(c2)C(=C)/C=C\C=C/C3)c2c1-c1ccc(-n3c(-c4ccccc4N)c(C)c4ccccc43)c3cccc-2c13.[CH3-].[K+]. The molecule has 2 N–H and O–H groups in total. The smallest absolute Gasteiger partial charge is 0.398 e. The van der Waals surface area contributed by atoms with Crippen LogP contribution in [-0.2, 0) is 6.42 Å². The van der Waals surface area contributed by atoms with Crippen molar-refractivity contribution in [1.29, 1.82) is 0 Å². The number of hydrogen-bond donors (Lipinski definition) is 1. The number of nitrogens with two attached hydrogens (primary N) is 1. The molecular weight excluding hydrogens is 764 g/mol. The van der Waals surface area contributed by atoms with Gasteiger partial charge in [-0.1, -0.05) is 140 Å². The largest absolute Gasteiger partial charge is 1.00 e. The second kappa shape index (κ2) is 17.4. The number of fused-ring (bicyclic) bond motifs is 5. The van der Waals surface area contributed by atoms with Gasteiger partial charge in [0.25, 0.3) is 0 Å². The zero-order valence-electron chi connectivity index (χ0n) is 35.5. The number of hydrogen-bond acceptors (Lipinski definition) is 1. The molecule has 0 bridgehead atoms. The van der Waals surface area contributed by atoms with Gasteiger partial charge in [-0.2, -0.15) is 6.08 Å². The predicted octanol–water partition coefficient (Wildman–Crippen LogP) is 12.2. The molecule has 1 aromatic heterocycles. The Bertz CT molecular complexity index is 3130. The molecule has 0 saturated heterocycles. The number of aryl methyl sites for hydroxylation is 1. The monoisotopic (exact) mass is 810 g/mol. The Morgan fingerprint density at radius 3 is 2.28 bits per heavy atom. The number of aromatic nitrogens is 1. The maximum atomic E-state index is 6.75. The summed E-state index contributed by atoms with van der Waals surface area (Å²) in [4.78, 5) is 0. The van der Waals surface area contributed by atoms with Crippen LogP contribution in [0.2, 0.25) is 0 Å². The van der Waals surface area contributed by atoms with Crippen molar-refractivity contribution in [3.63, 3.8) is 0 Å². The summed E-state index contributed by atoms with van der Waals surface area (Å²) in [6.07, 6.45) is 25.0. The van der Waals surface area contributed by atoms with Crippen molar-refractivity contribution in [2.45, 2.75) is 26.7 Å². The minimum absolute atomic E-state index is 0. The summed E-state index contributed by atoms with van der Waals surface area (Å²) in [5.41, 5.74) is 28.4. The van der Waals surface area contributed by atoms with Gasteiger partial charge in [-0.3, -0.25) is 6.58 Å². The Morgan fingerprint density at radius 2 is 1.44 bits per heavy atom. The van der Waals surface area contributed by atoms with Crippen molar-refractivity contribution < 1.29 is 51.4 Å². The van der Waals surface area contributed by atoms with Crippen LogP contribution in [0.1, 0.15) is 35.6 Å². The second-order valence-corrected chi connectivity index (χ2v) is 15.8. The molecule has 3 aliphatic carbocycles. The van der Waals surface area contributed by atoms with Crippen molar-refractivity contribution in [3.8, 4) is 50.3 Å². The van der Waals surface area contributed by atoms with Gasteiger partial charge in [-0.25, -0.2) is 0 Å². The minimum atomic E-state index is 0. The molecule has 0 radical (unpaired) electrons. The summed E-state index contributed by atoms with van der Waals surface area (Å²) < 4.78 is 2.42. The van der Waals surface area contributed by atoms with E-state index in [-0.39, 0.29) is 58.8 Å². The third-order valence-corrected chi connectivity index (χ3v) is 12.4. The summed E-state index contributed by atoms with van der Waals surface area (Å²) in [6, 6.07) is 39.7. The summed E-state index contributed by atoms with van der Waals surface area (Å²) >= 11 is 0. The maximum Gasteiger partial charge on any atom is 1.00 e. The minimum Gasteiger partial charge on any atom is -0.398 e. The summed E-state index contributed by atoms with van der Waals surface area (Å²) in [7, 11) is 0.